The highest BCUT2D eigenvalue weighted by Gasteiger charge is 2.41. The van der Waals surface area contributed by atoms with Gasteiger partial charge in [-0.05, 0) is 0 Å². The Bertz CT molecular complexity index is 546. The molecule has 17 heavy (non-hydrogen) atoms. The van der Waals surface area contributed by atoms with Crippen LogP contribution in [0.1, 0.15) is 6.23 Å². The Morgan fingerprint density at radius 2 is 2.29 bits per heavy atom. The van der Waals surface area contributed by atoms with Gasteiger partial charge in [0, 0.05) is 19.4 Å². The number of aromatic nitrogens is 2. The maximum Gasteiger partial charge on any atom is 0.331 e. The van der Waals surface area contributed by atoms with Crippen molar-refractivity contribution < 1.29 is 14.6 Å². The van der Waals surface area contributed by atoms with E-state index < -0.39 is 29.7 Å². The number of nitrogens with one attached hydrogen (secondary N) is 1. The zero-order chi connectivity index (χ0) is 12.6. The highest BCUT2D eigenvalue weighted by molar-refractivity contribution is 5.05. The zero-order valence-corrected chi connectivity index (χ0v) is 9.12. The maximum absolute atomic E-state index is 11.6. The molecule has 92 valence electrons. The molecule has 7 heteroatoms. The quantitative estimate of drug-likeness (QED) is 0.688. The van der Waals surface area contributed by atoms with Gasteiger partial charge in [0.05, 0.1) is 0 Å². The highest BCUT2D eigenvalue weighted by atomic mass is 16.6. The van der Waals surface area contributed by atoms with Crippen LogP contribution in [0.5, 0.6) is 0 Å². The Labute approximate surface area is 95.9 Å². The predicted octanol–water partition coefficient (Wildman–Crippen LogP) is -1.05. The average Bonchev–Trinajstić information content (AvgIpc) is 2.55. The number of rotatable bonds is 2. The van der Waals surface area contributed by atoms with Gasteiger partial charge in [-0.3, -0.25) is 14.3 Å². The number of ether oxygens (including phenoxy) is 2. The van der Waals surface area contributed by atoms with Gasteiger partial charge in [-0.15, -0.1) is 0 Å². The second-order valence-electron chi connectivity index (χ2n) is 3.64. The van der Waals surface area contributed by atoms with E-state index >= 15 is 0 Å². The zero-order valence-electron chi connectivity index (χ0n) is 9.12. The van der Waals surface area contributed by atoms with E-state index in [1.54, 1.807) is 0 Å². The summed E-state index contributed by atoms with van der Waals surface area (Å²) in [6.07, 6.45) is -1.31. The van der Waals surface area contributed by atoms with E-state index in [1.165, 1.54) is 19.4 Å². The lowest BCUT2D eigenvalue weighted by Crippen LogP contribution is -2.38. The average molecular weight is 240 g/mol. The van der Waals surface area contributed by atoms with Gasteiger partial charge in [0.2, 0.25) is 6.23 Å². The van der Waals surface area contributed by atoms with Crippen molar-refractivity contribution in [2.45, 2.75) is 18.4 Å². The number of hydrogen-bond acceptors (Lipinski definition) is 5. The van der Waals surface area contributed by atoms with Crippen molar-refractivity contribution in [2.24, 2.45) is 0 Å². The molecular formula is C10H12N2O5. The minimum absolute atomic E-state index is 0.125. The van der Waals surface area contributed by atoms with E-state index in [-0.39, 0.29) is 5.76 Å². The summed E-state index contributed by atoms with van der Waals surface area (Å²) >= 11 is 0. The highest BCUT2D eigenvalue weighted by Crippen LogP contribution is 2.31. The Morgan fingerprint density at radius 3 is 2.88 bits per heavy atom. The minimum atomic E-state index is -1.01. The summed E-state index contributed by atoms with van der Waals surface area (Å²) in [6, 6.07) is 1.19. The van der Waals surface area contributed by atoms with Crippen LogP contribution < -0.4 is 11.2 Å². The minimum Gasteiger partial charge on any atom is -0.469 e. The molecule has 1 aromatic rings. The molecule has 0 saturated carbocycles. The smallest absolute Gasteiger partial charge is 0.331 e. The monoisotopic (exact) mass is 240 g/mol. The molecule has 0 amide bonds. The Kier molecular flexibility index (Phi) is 2.86. The van der Waals surface area contributed by atoms with Gasteiger partial charge < -0.3 is 14.6 Å². The first kappa shape index (κ1) is 11.6. The Morgan fingerprint density at radius 1 is 1.59 bits per heavy atom. The normalized spacial score (nSPS) is 28.1. The van der Waals surface area contributed by atoms with E-state index in [4.69, 9.17) is 9.47 Å². The number of H-pyrrole nitrogens is 1. The molecule has 2 N–H and O–H groups in total. The number of hydrogen-bond donors (Lipinski definition) is 2. The second-order valence-corrected chi connectivity index (χ2v) is 3.64. The van der Waals surface area contributed by atoms with Crippen LogP contribution in [0.3, 0.4) is 0 Å². The van der Waals surface area contributed by atoms with Crippen LogP contribution in [-0.4, -0.2) is 34.0 Å². The fourth-order valence-electron chi connectivity index (χ4n) is 1.72. The molecule has 0 aromatic carbocycles. The number of aliphatic hydroxyl groups is 1. The molecule has 1 fully saturated rings. The lowest BCUT2D eigenvalue weighted by molar-refractivity contribution is -0.0430. The third-order valence-corrected chi connectivity index (χ3v) is 2.59. The van der Waals surface area contributed by atoms with Crippen molar-refractivity contribution in [1.29, 1.82) is 0 Å². The number of aromatic amines is 1. The second kappa shape index (κ2) is 4.19. The summed E-state index contributed by atoms with van der Waals surface area (Å²) in [5.74, 6) is 0.125. The third kappa shape index (κ3) is 1.90. The largest absolute Gasteiger partial charge is 0.469 e. The fraction of sp³-hybridized carbons (Fsp3) is 0.400. The van der Waals surface area contributed by atoms with Crippen LogP contribution in [0, 0.1) is 0 Å². The fourth-order valence-corrected chi connectivity index (χ4v) is 1.72. The summed E-state index contributed by atoms with van der Waals surface area (Å²) in [5, 5.41) is 9.70. The molecule has 0 spiro atoms. The van der Waals surface area contributed by atoms with E-state index in [0.29, 0.717) is 0 Å². The maximum atomic E-state index is 11.6. The van der Waals surface area contributed by atoms with Crippen LogP contribution in [0.15, 0.2) is 34.2 Å². The third-order valence-electron chi connectivity index (χ3n) is 2.59. The van der Waals surface area contributed by atoms with E-state index in [9.17, 15) is 14.7 Å². The molecular weight excluding hydrogens is 228 g/mol. The number of methoxy groups -OCH3 is 1. The molecule has 0 aliphatic carbocycles. The van der Waals surface area contributed by atoms with Crippen LogP contribution in [0.2, 0.25) is 0 Å². The van der Waals surface area contributed by atoms with Gasteiger partial charge in [-0.1, -0.05) is 6.58 Å². The van der Waals surface area contributed by atoms with Gasteiger partial charge in [0.15, 0.2) is 0 Å². The molecule has 1 saturated heterocycles. The lowest BCUT2D eigenvalue weighted by atomic mass is 10.2. The van der Waals surface area contributed by atoms with Gasteiger partial charge >= 0.3 is 5.69 Å². The van der Waals surface area contributed by atoms with Crippen molar-refractivity contribution in [1.82, 2.24) is 9.55 Å². The van der Waals surface area contributed by atoms with Crippen LogP contribution in [0.4, 0.5) is 0 Å². The number of aliphatic hydroxyl groups excluding tert-OH is 1. The molecule has 2 rings (SSSR count). The van der Waals surface area contributed by atoms with Gasteiger partial charge in [0.1, 0.15) is 18.0 Å². The van der Waals surface area contributed by atoms with Crippen molar-refractivity contribution in [3.8, 4) is 0 Å². The Balaban J connectivity index is 2.43. The molecule has 0 radical (unpaired) electrons. The Hall–Kier alpha value is -1.86. The van der Waals surface area contributed by atoms with Crippen LogP contribution >= 0.6 is 0 Å². The molecule has 2 heterocycles. The standard InChI is InChI=1S/C10H12N2O5/c1-5-7(14)8(16-2)9(17-5)12-4-3-6(13)11-10(12)15/h3-4,7-9,14H,1H2,2H3,(H,11,13,15)/t7-,8-,9-/m1/s1. The van der Waals surface area contributed by atoms with Gasteiger partial charge in [-0.2, -0.15) is 0 Å². The first-order valence-corrected chi connectivity index (χ1v) is 4.92. The summed E-state index contributed by atoms with van der Waals surface area (Å²) < 4.78 is 11.4. The molecule has 7 nitrogen and oxygen atoms in total. The SMILES string of the molecule is C=C1O[C@@H](n2ccc(=O)[nH]c2=O)[C@H](OC)[C@@H]1O. The predicted molar refractivity (Wildman–Crippen MR) is 57.4 cm³/mol. The van der Waals surface area contributed by atoms with Gasteiger partial charge in [0.25, 0.3) is 5.56 Å². The molecule has 0 bridgehead atoms. The lowest BCUT2D eigenvalue weighted by Gasteiger charge is -2.19. The first-order chi connectivity index (χ1) is 8.04. The van der Waals surface area contributed by atoms with Crippen molar-refractivity contribution in [3.05, 3.63) is 45.4 Å². The molecule has 1 aromatic heterocycles. The van der Waals surface area contributed by atoms with E-state index in [1.807, 2.05) is 0 Å². The summed E-state index contributed by atoms with van der Waals surface area (Å²) in [5.41, 5.74) is -1.14. The van der Waals surface area contributed by atoms with Gasteiger partial charge in [-0.25, -0.2) is 4.79 Å². The first-order valence-electron chi connectivity index (χ1n) is 4.92. The van der Waals surface area contributed by atoms with E-state index in [0.717, 1.165) is 4.57 Å². The molecule has 1 aliphatic heterocycles. The summed E-state index contributed by atoms with van der Waals surface area (Å²) in [7, 11) is 1.39. The molecule has 3 atom stereocenters. The van der Waals surface area contributed by atoms with Crippen LogP contribution in [0.25, 0.3) is 0 Å². The number of nitrogens with zero attached hydrogens (tertiary/aromatic N) is 1. The summed E-state index contributed by atoms with van der Waals surface area (Å²) in [4.78, 5) is 24.6. The topological polar surface area (TPSA) is 93.6 Å². The van der Waals surface area contributed by atoms with E-state index in [2.05, 4.69) is 11.6 Å². The van der Waals surface area contributed by atoms with Crippen molar-refractivity contribution >= 4 is 0 Å². The summed E-state index contributed by atoms with van der Waals surface area (Å²) in [6.45, 7) is 3.52. The molecule has 0 unspecified atom stereocenters. The van der Waals surface area contributed by atoms with Crippen molar-refractivity contribution in [2.75, 3.05) is 7.11 Å². The molecule has 1 aliphatic rings. The van der Waals surface area contributed by atoms with Crippen molar-refractivity contribution in [3.63, 3.8) is 0 Å². The van der Waals surface area contributed by atoms with Crippen LogP contribution in [-0.2, 0) is 9.47 Å².